The number of aryl methyl sites for hydroxylation is 1. The highest BCUT2D eigenvalue weighted by molar-refractivity contribution is 6.30. The maximum absolute atomic E-state index is 13.6. The molecule has 160 valence electrons. The lowest BCUT2D eigenvalue weighted by Crippen LogP contribution is -2.58. The summed E-state index contributed by atoms with van der Waals surface area (Å²) in [6, 6.07) is 8.19. The number of ketones is 2. The number of halogens is 4. The second kappa shape index (κ2) is 7.20. The summed E-state index contributed by atoms with van der Waals surface area (Å²) in [7, 11) is 0. The van der Waals surface area contributed by atoms with Gasteiger partial charge in [0.1, 0.15) is 17.1 Å². The molecule has 0 atom stereocenters. The molecule has 0 radical (unpaired) electrons. The molecule has 1 aliphatic heterocycles. The van der Waals surface area contributed by atoms with Crippen LogP contribution in [0.15, 0.2) is 36.4 Å². The second-order valence-corrected chi connectivity index (χ2v) is 8.98. The Bertz CT molecular complexity index is 1010. The van der Waals surface area contributed by atoms with E-state index in [-0.39, 0.29) is 16.1 Å². The van der Waals surface area contributed by atoms with Crippen LogP contribution in [0.3, 0.4) is 0 Å². The molecule has 0 amide bonds. The lowest BCUT2D eigenvalue weighted by molar-refractivity contribution is -0.184. The largest absolute Gasteiger partial charge is 0.417 e. The van der Waals surface area contributed by atoms with Gasteiger partial charge in [0.2, 0.25) is 0 Å². The van der Waals surface area contributed by atoms with E-state index in [9.17, 15) is 22.8 Å². The lowest BCUT2D eigenvalue weighted by Gasteiger charge is -2.43. The molecule has 0 aliphatic carbocycles. The molecular weight excluding hydrogens is 417 g/mol. The molecule has 1 aliphatic rings. The number of carbonyl (C=O) groups is 2. The molecule has 30 heavy (non-hydrogen) atoms. The standard InChI is InChI=1S/C23H22ClF3O3/c1-12-6-7-13(15-9-8-14(24)11-17(15)23(25,26)27)10-16(12)18-19(28)21(2,3)30-22(4,5)20(18)29/h6-11,18H,1-5H3. The average molecular weight is 439 g/mol. The normalized spacial score (nSPS) is 19.2. The van der Waals surface area contributed by atoms with Crippen LogP contribution in [0, 0.1) is 6.92 Å². The van der Waals surface area contributed by atoms with E-state index in [1.54, 1.807) is 46.8 Å². The molecule has 0 N–H and O–H groups in total. The Morgan fingerprint density at radius 3 is 2.03 bits per heavy atom. The monoisotopic (exact) mass is 438 g/mol. The van der Waals surface area contributed by atoms with E-state index in [0.717, 1.165) is 6.07 Å². The van der Waals surface area contributed by atoms with Crippen molar-refractivity contribution in [1.82, 2.24) is 0 Å². The summed E-state index contributed by atoms with van der Waals surface area (Å²) >= 11 is 5.79. The summed E-state index contributed by atoms with van der Waals surface area (Å²) in [5.41, 5.74) is -2.09. The van der Waals surface area contributed by atoms with Crippen molar-refractivity contribution in [3.63, 3.8) is 0 Å². The van der Waals surface area contributed by atoms with Crippen LogP contribution in [0.5, 0.6) is 0 Å². The molecule has 1 heterocycles. The van der Waals surface area contributed by atoms with Gasteiger partial charge in [-0.1, -0.05) is 29.8 Å². The maximum atomic E-state index is 13.6. The Kier molecular flexibility index (Phi) is 5.40. The van der Waals surface area contributed by atoms with E-state index < -0.39 is 40.4 Å². The molecule has 1 saturated heterocycles. The number of carbonyl (C=O) groups excluding carboxylic acids is 2. The number of Topliss-reactive ketones (excluding diaryl/α,β-unsaturated/α-hetero) is 2. The van der Waals surface area contributed by atoms with E-state index in [4.69, 9.17) is 16.3 Å². The van der Waals surface area contributed by atoms with Crippen LogP contribution in [0.25, 0.3) is 11.1 Å². The smallest absolute Gasteiger partial charge is 0.354 e. The number of benzene rings is 2. The van der Waals surface area contributed by atoms with Crippen LogP contribution in [0.4, 0.5) is 13.2 Å². The first-order chi connectivity index (χ1) is 13.6. The molecule has 3 nitrogen and oxygen atoms in total. The Hall–Kier alpha value is -2.18. The number of hydrogen-bond acceptors (Lipinski definition) is 3. The van der Waals surface area contributed by atoms with Gasteiger partial charge in [0, 0.05) is 5.02 Å². The predicted molar refractivity (Wildman–Crippen MR) is 109 cm³/mol. The van der Waals surface area contributed by atoms with Gasteiger partial charge in [-0.3, -0.25) is 9.59 Å². The zero-order chi connectivity index (χ0) is 22.6. The molecule has 0 aromatic heterocycles. The highest BCUT2D eigenvalue weighted by Crippen LogP contribution is 2.42. The number of ether oxygens (including phenoxy) is 1. The van der Waals surface area contributed by atoms with Crippen molar-refractivity contribution in [3.05, 3.63) is 58.1 Å². The Labute approximate surface area is 178 Å². The van der Waals surface area contributed by atoms with Gasteiger partial charge < -0.3 is 4.74 Å². The Morgan fingerprint density at radius 1 is 0.933 bits per heavy atom. The SMILES string of the molecule is Cc1ccc(-c2ccc(Cl)cc2C(F)(F)F)cc1C1C(=O)C(C)(C)OC(C)(C)C1=O. The first-order valence-corrected chi connectivity index (χ1v) is 9.79. The quantitative estimate of drug-likeness (QED) is 0.529. The number of hydrogen-bond donors (Lipinski definition) is 0. The van der Waals surface area contributed by atoms with Gasteiger partial charge in [-0.05, 0) is 75.1 Å². The van der Waals surface area contributed by atoms with Gasteiger partial charge in [0.15, 0.2) is 11.6 Å². The first kappa shape index (κ1) is 22.5. The minimum Gasteiger partial charge on any atom is -0.354 e. The molecule has 2 aromatic rings. The summed E-state index contributed by atoms with van der Waals surface area (Å²) in [4.78, 5) is 26.1. The third-order valence-electron chi connectivity index (χ3n) is 5.41. The summed E-state index contributed by atoms with van der Waals surface area (Å²) in [6.07, 6.45) is -4.61. The second-order valence-electron chi connectivity index (χ2n) is 8.54. The first-order valence-electron chi connectivity index (χ1n) is 9.41. The van der Waals surface area contributed by atoms with E-state index in [0.29, 0.717) is 11.1 Å². The highest BCUT2D eigenvalue weighted by atomic mass is 35.5. The minimum atomic E-state index is -4.61. The van der Waals surface area contributed by atoms with Crippen LogP contribution in [0.2, 0.25) is 5.02 Å². The molecule has 7 heteroatoms. The summed E-state index contributed by atoms with van der Waals surface area (Å²) in [5.74, 6) is -1.95. The van der Waals surface area contributed by atoms with Gasteiger partial charge in [-0.25, -0.2) is 0 Å². The van der Waals surface area contributed by atoms with Crippen molar-refractivity contribution in [2.45, 2.75) is 57.9 Å². The van der Waals surface area contributed by atoms with Gasteiger partial charge in [0.05, 0.1) is 5.56 Å². The van der Waals surface area contributed by atoms with Gasteiger partial charge >= 0.3 is 6.18 Å². The Morgan fingerprint density at radius 2 is 1.50 bits per heavy atom. The molecule has 0 unspecified atom stereocenters. The van der Waals surface area contributed by atoms with Crippen LogP contribution < -0.4 is 0 Å². The van der Waals surface area contributed by atoms with E-state index >= 15 is 0 Å². The third kappa shape index (κ3) is 3.91. The van der Waals surface area contributed by atoms with Crippen LogP contribution in [-0.2, 0) is 20.5 Å². The van der Waals surface area contributed by atoms with Crippen molar-refractivity contribution >= 4 is 23.2 Å². The average Bonchev–Trinajstić information content (AvgIpc) is 2.60. The zero-order valence-electron chi connectivity index (χ0n) is 17.3. The summed E-state index contributed by atoms with van der Waals surface area (Å²) in [5, 5.41) is -0.0308. The number of alkyl halides is 3. The minimum absolute atomic E-state index is 0.0308. The van der Waals surface area contributed by atoms with Gasteiger partial charge in [-0.2, -0.15) is 13.2 Å². The highest BCUT2D eigenvalue weighted by Gasteiger charge is 2.53. The molecule has 1 fully saturated rings. The molecule has 0 saturated carbocycles. The van der Waals surface area contributed by atoms with E-state index in [1.165, 1.54) is 18.2 Å². The maximum Gasteiger partial charge on any atom is 0.417 e. The van der Waals surface area contributed by atoms with Gasteiger partial charge in [0.25, 0.3) is 0 Å². The molecular formula is C23H22ClF3O3. The fourth-order valence-corrected chi connectivity index (χ4v) is 4.13. The predicted octanol–water partition coefficient (Wildman–Crippen LogP) is 6.14. The van der Waals surface area contributed by atoms with Crippen LogP contribution in [0.1, 0.15) is 50.3 Å². The molecule has 0 spiro atoms. The molecule has 0 bridgehead atoms. The van der Waals surface area contributed by atoms with Crippen molar-refractivity contribution in [1.29, 1.82) is 0 Å². The summed E-state index contributed by atoms with van der Waals surface area (Å²) < 4.78 is 46.5. The third-order valence-corrected chi connectivity index (χ3v) is 5.64. The lowest BCUT2D eigenvalue weighted by atomic mass is 9.73. The van der Waals surface area contributed by atoms with Crippen LogP contribution >= 0.6 is 11.6 Å². The number of rotatable bonds is 2. The summed E-state index contributed by atoms with van der Waals surface area (Å²) in [6.45, 7) is 8.10. The Balaban J connectivity index is 2.21. The molecule has 2 aromatic carbocycles. The van der Waals surface area contributed by atoms with Crippen molar-refractivity contribution in [3.8, 4) is 11.1 Å². The van der Waals surface area contributed by atoms with Crippen molar-refractivity contribution in [2.75, 3.05) is 0 Å². The van der Waals surface area contributed by atoms with E-state index in [2.05, 4.69) is 0 Å². The fraction of sp³-hybridized carbons (Fsp3) is 0.391. The van der Waals surface area contributed by atoms with Crippen molar-refractivity contribution < 1.29 is 27.5 Å². The zero-order valence-corrected chi connectivity index (χ0v) is 18.0. The van der Waals surface area contributed by atoms with Crippen LogP contribution in [-0.4, -0.2) is 22.8 Å². The fourth-order valence-electron chi connectivity index (χ4n) is 3.96. The molecule has 3 rings (SSSR count). The van der Waals surface area contributed by atoms with Crippen molar-refractivity contribution in [2.24, 2.45) is 0 Å². The van der Waals surface area contributed by atoms with E-state index in [1.807, 2.05) is 0 Å². The topological polar surface area (TPSA) is 43.4 Å². The van der Waals surface area contributed by atoms with Gasteiger partial charge in [-0.15, -0.1) is 0 Å².